The highest BCUT2D eigenvalue weighted by atomic mass is 16.2. The van der Waals surface area contributed by atoms with Gasteiger partial charge >= 0.3 is 6.03 Å². The van der Waals surface area contributed by atoms with Crippen molar-refractivity contribution in [3.05, 3.63) is 59.7 Å². The Hall–Kier alpha value is -3.75. The molecule has 0 aliphatic heterocycles. The Labute approximate surface area is 160 Å². The Bertz CT molecular complexity index is 1220. The lowest BCUT2D eigenvalue weighted by molar-refractivity contribution is 0.249. The summed E-state index contributed by atoms with van der Waals surface area (Å²) in [7, 11) is 1.93. The predicted octanol–water partition coefficient (Wildman–Crippen LogP) is 2.16. The number of hydrogen-bond acceptors (Lipinski definition) is 5. The van der Waals surface area contributed by atoms with E-state index < -0.39 is 6.03 Å². The lowest BCUT2D eigenvalue weighted by atomic mass is 9.97. The number of nitrogens with one attached hydrogen (secondary N) is 1. The van der Waals surface area contributed by atoms with Crippen LogP contribution in [0.3, 0.4) is 0 Å². The van der Waals surface area contributed by atoms with E-state index in [0.717, 1.165) is 27.8 Å². The molecule has 0 spiro atoms. The third-order valence-electron chi connectivity index (χ3n) is 4.81. The van der Waals surface area contributed by atoms with Crippen molar-refractivity contribution >= 4 is 28.3 Å². The Kier molecular flexibility index (Phi) is 4.26. The number of nitrogens with two attached hydrogens (primary N) is 1. The van der Waals surface area contributed by atoms with Crippen molar-refractivity contribution in [2.45, 2.75) is 19.8 Å². The molecular formula is C19H20N8O. The molecule has 1 unspecified atom stereocenters. The first-order valence-corrected chi connectivity index (χ1v) is 8.80. The summed E-state index contributed by atoms with van der Waals surface area (Å²) in [6.07, 6.45) is 3.69. The second-order valence-corrected chi connectivity index (χ2v) is 6.65. The van der Waals surface area contributed by atoms with E-state index in [1.807, 2.05) is 30.2 Å². The molecule has 1 aromatic carbocycles. The summed E-state index contributed by atoms with van der Waals surface area (Å²) >= 11 is 0. The number of carbonyl (C=O) groups excluding carboxylic acids is 1. The fourth-order valence-corrected chi connectivity index (χ4v) is 3.20. The summed E-state index contributed by atoms with van der Waals surface area (Å²) in [5.41, 5.74) is 12.4. The maximum absolute atomic E-state index is 10.9. The third kappa shape index (κ3) is 3.07. The van der Waals surface area contributed by atoms with Crippen molar-refractivity contribution < 1.29 is 4.79 Å². The molecule has 3 heterocycles. The SMILES string of the molecule is C/C(=N/NC(N)=O)c1ccc2ncc(C(C)c3ccc4c(cnn4C)c3)n2n1. The van der Waals surface area contributed by atoms with E-state index in [4.69, 9.17) is 5.73 Å². The van der Waals surface area contributed by atoms with Crippen molar-refractivity contribution in [3.63, 3.8) is 0 Å². The first-order chi connectivity index (χ1) is 13.4. The van der Waals surface area contributed by atoms with Crippen LogP contribution in [0.1, 0.15) is 36.7 Å². The van der Waals surface area contributed by atoms with Gasteiger partial charge in [-0.25, -0.2) is 19.7 Å². The van der Waals surface area contributed by atoms with Crippen LogP contribution in [0.4, 0.5) is 4.79 Å². The van der Waals surface area contributed by atoms with Crippen LogP contribution in [0, 0.1) is 0 Å². The van der Waals surface area contributed by atoms with Gasteiger partial charge < -0.3 is 5.73 Å². The number of imidazole rings is 1. The number of aryl methyl sites for hydroxylation is 1. The Balaban J connectivity index is 1.73. The van der Waals surface area contributed by atoms with Crippen LogP contribution in [-0.2, 0) is 7.05 Å². The Morgan fingerprint density at radius 3 is 2.86 bits per heavy atom. The smallest absolute Gasteiger partial charge is 0.332 e. The van der Waals surface area contributed by atoms with Crippen LogP contribution in [0.5, 0.6) is 0 Å². The molecule has 0 fully saturated rings. The second-order valence-electron chi connectivity index (χ2n) is 6.65. The molecule has 142 valence electrons. The summed E-state index contributed by atoms with van der Waals surface area (Å²) in [6.45, 7) is 3.87. The van der Waals surface area contributed by atoms with Crippen LogP contribution in [-0.4, -0.2) is 36.1 Å². The summed E-state index contributed by atoms with van der Waals surface area (Å²) in [5.74, 6) is 0.0725. The van der Waals surface area contributed by atoms with E-state index in [9.17, 15) is 4.79 Å². The zero-order valence-corrected chi connectivity index (χ0v) is 15.8. The summed E-state index contributed by atoms with van der Waals surface area (Å²) in [5, 5.41) is 14.0. The fourth-order valence-electron chi connectivity index (χ4n) is 3.20. The number of amides is 2. The van der Waals surface area contributed by atoms with Gasteiger partial charge in [-0.2, -0.15) is 15.3 Å². The minimum Gasteiger partial charge on any atom is -0.350 e. The number of carbonyl (C=O) groups is 1. The molecule has 0 saturated carbocycles. The van der Waals surface area contributed by atoms with Crippen LogP contribution in [0.25, 0.3) is 16.6 Å². The standard InChI is InChI=1S/C19H20N8O/c1-11(13-4-6-16-14(8-13)9-22-26(16)3)17-10-21-18-7-5-15(25-27(17)18)12(2)23-24-19(20)28/h4-11H,1-3H3,(H3,20,24,28)/b23-12-. The third-order valence-corrected chi connectivity index (χ3v) is 4.81. The zero-order chi connectivity index (χ0) is 19.8. The van der Waals surface area contributed by atoms with Crippen molar-refractivity contribution in [1.29, 1.82) is 0 Å². The zero-order valence-electron chi connectivity index (χ0n) is 15.8. The van der Waals surface area contributed by atoms with Crippen LogP contribution in [0.2, 0.25) is 0 Å². The molecule has 1 atom stereocenters. The Morgan fingerprint density at radius 1 is 1.25 bits per heavy atom. The largest absolute Gasteiger partial charge is 0.350 e. The van der Waals surface area contributed by atoms with Crippen molar-refractivity contribution in [2.24, 2.45) is 17.9 Å². The molecule has 2 amide bonds. The quantitative estimate of drug-likeness (QED) is 0.419. The average Bonchev–Trinajstić information content (AvgIpc) is 3.28. The highest BCUT2D eigenvalue weighted by Crippen LogP contribution is 2.27. The van der Waals surface area contributed by atoms with Gasteiger partial charge in [-0.15, -0.1) is 0 Å². The van der Waals surface area contributed by atoms with E-state index in [1.165, 1.54) is 0 Å². The summed E-state index contributed by atoms with van der Waals surface area (Å²) < 4.78 is 3.66. The number of primary amides is 1. The van der Waals surface area contributed by atoms with Gasteiger partial charge in [0.25, 0.3) is 0 Å². The molecule has 4 aromatic rings. The number of aromatic nitrogens is 5. The van der Waals surface area contributed by atoms with Gasteiger partial charge in [0.2, 0.25) is 0 Å². The number of urea groups is 1. The van der Waals surface area contributed by atoms with Gasteiger partial charge in [0.15, 0.2) is 5.65 Å². The van der Waals surface area contributed by atoms with Gasteiger partial charge in [0.05, 0.1) is 29.3 Å². The second kappa shape index (κ2) is 6.76. The summed E-state index contributed by atoms with van der Waals surface area (Å²) in [4.78, 5) is 15.3. The van der Waals surface area contributed by atoms with Crippen molar-refractivity contribution in [2.75, 3.05) is 0 Å². The molecule has 9 heteroatoms. The fraction of sp³-hybridized carbons (Fsp3) is 0.211. The molecule has 4 rings (SSSR count). The highest BCUT2D eigenvalue weighted by molar-refractivity contribution is 5.97. The van der Waals surface area contributed by atoms with Gasteiger partial charge in [-0.05, 0) is 36.8 Å². The van der Waals surface area contributed by atoms with E-state index >= 15 is 0 Å². The topological polar surface area (TPSA) is 115 Å². The minimum atomic E-state index is -0.719. The van der Waals surface area contributed by atoms with Gasteiger partial charge in [0, 0.05) is 18.4 Å². The number of hydrazone groups is 1. The molecule has 0 aliphatic rings. The number of fused-ring (bicyclic) bond motifs is 2. The highest BCUT2D eigenvalue weighted by Gasteiger charge is 2.16. The first-order valence-electron chi connectivity index (χ1n) is 8.80. The molecule has 3 aromatic heterocycles. The monoisotopic (exact) mass is 376 g/mol. The first kappa shape index (κ1) is 17.7. The van der Waals surface area contributed by atoms with Crippen LogP contribution < -0.4 is 11.2 Å². The molecule has 28 heavy (non-hydrogen) atoms. The van der Waals surface area contributed by atoms with Gasteiger partial charge in [-0.1, -0.05) is 13.0 Å². The predicted molar refractivity (Wildman–Crippen MR) is 106 cm³/mol. The molecule has 3 N–H and O–H groups in total. The van der Waals surface area contributed by atoms with Crippen LogP contribution >= 0.6 is 0 Å². The van der Waals surface area contributed by atoms with E-state index in [0.29, 0.717) is 11.4 Å². The van der Waals surface area contributed by atoms with Gasteiger partial charge in [-0.3, -0.25) is 4.68 Å². The minimum absolute atomic E-state index is 0.0725. The maximum Gasteiger partial charge on any atom is 0.332 e. The lowest BCUT2D eigenvalue weighted by Crippen LogP contribution is -2.25. The molecule has 0 radical (unpaired) electrons. The molecule has 0 saturated heterocycles. The van der Waals surface area contributed by atoms with E-state index in [2.05, 4.69) is 50.8 Å². The van der Waals surface area contributed by atoms with Crippen LogP contribution in [0.15, 0.2) is 47.8 Å². The Morgan fingerprint density at radius 2 is 2.07 bits per heavy atom. The molecule has 0 bridgehead atoms. The molecular weight excluding hydrogens is 356 g/mol. The molecule has 0 aliphatic carbocycles. The normalized spacial score (nSPS) is 13.2. The van der Waals surface area contributed by atoms with E-state index in [-0.39, 0.29) is 5.92 Å². The maximum atomic E-state index is 10.9. The number of benzene rings is 1. The van der Waals surface area contributed by atoms with Crippen molar-refractivity contribution in [1.82, 2.24) is 29.8 Å². The number of hydrogen-bond donors (Lipinski definition) is 2. The number of rotatable bonds is 4. The van der Waals surface area contributed by atoms with Gasteiger partial charge in [0.1, 0.15) is 5.69 Å². The molecule has 9 nitrogen and oxygen atoms in total. The van der Waals surface area contributed by atoms with E-state index in [1.54, 1.807) is 17.5 Å². The summed E-state index contributed by atoms with van der Waals surface area (Å²) in [6, 6.07) is 9.26. The lowest BCUT2D eigenvalue weighted by Gasteiger charge is -2.12. The number of nitrogens with zero attached hydrogens (tertiary/aromatic N) is 6. The average molecular weight is 376 g/mol. The van der Waals surface area contributed by atoms with Crippen molar-refractivity contribution in [3.8, 4) is 0 Å².